The highest BCUT2D eigenvalue weighted by atomic mass is 32.1. The van der Waals surface area contributed by atoms with Crippen LogP contribution in [0.4, 0.5) is 0 Å². The molecule has 1 saturated carbocycles. The minimum absolute atomic E-state index is 0.000136. The van der Waals surface area contributed by atoms with Crippen LogP contribution in [0.25, 0.3) is 0 Å². The first-order valence-electron chi connectivity index (χ1n) is 6.68. The van der Waals surface area contributed by atoms with E-state index >= 15 is 0 Å². The topological polar surface area (TPSA) is 72.6 Å². The Morgan fingerprint density at radius 3 is 2.53 bits per heavy atom. The third-order valence-electron chi connectivity index (χ3n) is 4.33. The summed E-state index contributed by atoms with van der Waals surface area (Å²) in [6, 6.07) is 0. The lowest BCUT2D eigenvalue weighted by Gasteiger charge is -2.44. The van der Waals surface area contributed by atoms with Crippen LogP contribution >= 0.6 is 12.2 Å². The van der Waals surface area contributed by atoms with E-state index in [9.17, 15) is 9.59 Å². The van der Waals surface area contributed by atoms with Gasteiger partial charge in [-0.25, -0.2) is 0 Å². The third kappa shape index (κ3) is 2.45. The number of nitrogens with zero attached hydrogens (tertiary/aromatic N) is 1. The average Bonchev–Trinajstić information content (AvgIpc) is 2.36. The zero-order valence-electron chi connectivity index (χ0n) is 11.2. The lowest BCUT2D eigenvalue weighted by atomic mass is 9.67. The van der Waals surface area contributed by atoms with Gasteiger partial charge in [0.15, 0.2) is 0 Å². The van der Waals surface area contributed by atoms with Gasteiger partial charge in [0.05, 0.1) is 23.4 Å². The van der Waals surface area contributed by atoms with Gasteiger partial charge in [0, 0.05) is 13.1 Å². The molecule has 1 atom stereocenters. The van der Waals surface area contributed by atoms with Crippen LogP contribution in [-0.4, -0.2) is 42.0 Å². The van der Waals surface area contributed by atoms with E-state index in [0.717, 1.165) is 32.1 Å². The van der Waals surface area contributed by atoms with Gasteiger partial charge in [-0.1, -0.05) is 18.6 Å². The number of piperidine rings is 1. The maximum absolute atomic E-state index is 12.6. The molecule has 1 aliphatic carbocycles. The summed E-state index contributed by atoms with van der Waals surface area (Å²) in [6.07, 6.45) is 4.05. The monoisotopic (exact) mass is 284 g/mol. The number of thiocarbonyl (C=S) groups is 1. The molecule has 6 heteroatoms. The Bertz CT molecular complexity index is 407. The van der Waals surface area contributed by atoms with Crippen molar-refractivity contribution >= 4 is 29.1 Å². The van der Waals surface area contributed by atoms with E-state index in [2.05, 4.69) is 0 Å². The molecule has 5 nitrogen and oxygen atoms in total. The van der Waals surface area contributed by atoms with Gasteiger partial charge in [0.25, 0.3) is 0 Å². The van der Waals surface area contributed by atoms with Crippen molar-refractivity contribution in [1.29, 1.82) is 0 Å². The number of carbonyl (C=O) groups is 2. The van der Waals surface area contributed by atoms with Crippen LogP contribution in [-0.2, 0) is 14.3 Å². The molecule has 1 amide bonds. The van der Waals surface area contributed by atoms with Gasteiger partial charge in [-0.3, -0.25) is 9.59 Å². The number of ether oxygens (including phenoxy) is 1. The van der Waals surface area contributed by atoms with Crippen molar-refractivity contribution in [2.75, 3.05) is 20.2 Å². The normalized spacial score (nSPS) is 25.3. The van der Waals surface area contributed by atoms with Crippen LogP contribution in [0.15, 0.2) is 0 Å². The predicted octanol–water partition coefficient (Wildman–Crippen LogP) is 0.854. The molecule has 0 aromatic carbocycles. The van der Waals surface area contributed by atoms with Crippen molar-refractivity contribution in [3.8, 4) is 0 Å². The lowest BCUT2D eigenvalue weighted by Crippen LogP contribution is -2.56. The van der Waals surface area contributed by atoms with Gasteiger partial charge in [-0.15, -0.1) is 0 Å². The maximum Gasteiger partial charge on any atom is 0.310 e. The number of methoxy groups -OCH3 is 1. The Kier molecular flexibility index (Phi) is 4.08. The molecular formula is C13H20N2O3S. The molecule has 0 aromatic heterocycles. The summed E-state index contributed by atoms with van der Waals surface area (Å²) in [5.74, 6) is -0.457. The van der Waals surface area contributed by atoms with E-state index < -0.39 is 5.41 Å². The zero-order chi connectivity index (χ0) is 14.0. The maximum atomic E-state index is 12.6. The van der Waals surface area contributed by atoms with Crippen LogP contribution in [0.1, 0.15) is 32.1 Å². The Morgan fingerprint density at radius 1 is 1.37 bits per heavy atom. The second-order valence-corrected chi connectivity index (χ2v) is 5.85. The Hall–Kier alpha value is -1.17. The highest BCUT2D eigenvalue weighted by Gasteiger charge is 2.49. The highest BCUT2D eigenvalue weighted by Crippen LogP contribution is 2.43. The van der Waals surface area contributed by atoms with Crippen molar-refractivity contribution in [2.24, 2.45) is 17.1 Å². The van der Waals surface area contributed by atoms with Crippen molar-refractivity contribution in [3.05, 3.63) is 0 Å². The predicted molar refractivity (Wildman–Crippen MR) is 74.4 cm³/mol. The van der Waals surface area contributed by atoms with E-state index in [1.165, 1.54) is 7.11 Å². The first kappa shape index (κ1) is 14.2. The standard InChI is InChI=1S/C13H20N2O3S/c1-18-10(16)9-4-2-7-15(8-9)12(17)13(11(14)19)5-3-6-13/h9H,2-8H2,1H3,(H2,14,19). The van der Waals surface area contributed by atoms with E-state index in [4.69, 9.17) is 22.7 Å². The van der Waals surface area contributed by atoms with Gasteiger partial charge in [-0.2, -0.15) is 0 Å². The molecule has 1 aliphatic heterocycles. The largest absolute Gasteiger partial charge is 0.469 e. The summed E-state index contributed by atoms with van der Waals surface area (Å²) in [6.45, 7) is 1.10. The van der Waals surface area contributed by atoms with Crippen LogP contribution < -0.4 is 5.73 Å². The van der Waals surface area contributed by atoms with Crippen molar-refractivity contribution in [3.63, 3.8) is 0 Å². The number of rotatable bonds is 3. The molecule has 0 spiro atoms. The van der Waals surface area contributed by atoms with Crippen LogP contribution in [0.5, 0.6) is 0 Å². The molecule has 0 aromatic rings. The summed E-state index contributed by atoms with van der Waals surface area (Å²) in [5.41, 5.74) is 5.11. The quantitative estimate of drug-likeness (QED) is 0.614. The van der Waals surface area contributed by atoms with Gasteiger partial charge < -0.3 is 15.4 Å². The summed E-state index contributed by atoms with van der Waals surface area (Å²) in [7, 11) is 1.38. The number of esters is 1. The molecule has 1 unspecified atom stereocenters. The molecule has 19 heavy (non-hydrogen) atoms. The number of hydrogen-bond acceptors (Lipinski definition) is 4. The van der Waals surface area contributed by atoms with Crippen LogP contribution in [0.3, 0.4) is 0 Å². The zero-order valence-corrected chi connectivity index (χ0v) is 12.0. The van der Waals surface area contributed by atoms with Gasteiger partial charge in [0.2, 0.25) is 5.91 Å². The van der Waals surface area contributed by atoms with Gasteiger partial charge in [-0.05, 0) is 25.7 Å². The third-order valence-corrected chi connectivity index (χ3v) is 4.72. The molecule has 2 rings (SSSR count). The number of likely N-dealkylation sites (tertiary alicyclic amines) is 1. The molecule has 1 saturated heterocycles. The number of nitrogens with two attached hydrogens (primary N) is 1. The van der Waals surface area contributed by atoms with E-state index in [0.29, 0.717) is 18.1 Å². The van der Waals surface area contributed by atoms with E-state index in [-0.39, 0.29) is 17.8 Å². The molecule has 2 fully saturated rings. The first-order valence-corrected chi connectivity index (χ1v) is 7.09. The van der Waals surface area contributed by atoms with Crippen LogP contribution in [0, 0.1) is 11.3 Å². The minimum atomic E-state index is -0.645. The highest BCUT2D eigenvalue weighted by molar-refractivity contribution is 7.80. The summed E-state index contributed by atoms with van der Waals surface area (Å²) >= 11 is 5.07. The fraction of sp³-hybridized carbons (Fsp3) is 0.769. The number of amides is 1. The lowest BCUT2D eigenvalue weighted by molar-refractivity contribution is -0.151. The molecule has 0 radical (unpaired) electrons. The Labute approximate surface area is 118 Å². The van der Waals surface area contributed by atoms with E-state index in [1.807, 2.05) is 0 Å². The first-order chi connectivity index (χ1) is 9.01. The van der Waals surface area contributed by atoms with Crippen molar-refractivity contribution < 1.29 is 14.3 Å². The minimum Gasteiger partial charge on any atom is -0.469 e. The number of hydrogen-bond donors (Lipinski definition) is 1. The second-order valence-electron chi connectivity index (χ2n) is 5.41. The molecule has 0 bridgehead atoms. The average molecular weight is 284 g/mol. The van der Waals surface area contributed by atoms with Crippen molar-refractivity contribution in [1.82, 2.24) is 4.90 Å². The summed E-state index contributed by atoms with van der Waals surface area (Å²) in [4.78, 5) is 26.2. The Balaban J connectivity index is 2.07. The smallest absolute Gasteiger partial charge is 0.310 e. The Morgan fingerprint density at radius 2 is 2.05 bits per heavy atom. The fourth-order valence-corrected chi connectivity index (χ4v) is 3.21. The number of carbonyl (C=O) groups excluding carboxylic acids is 2. The molecule has 2 N–H and O–H groups in total. The van der Waals surface area contributed by atoms with Crippen molar-refractivity contribution in [2.45, 2.75) is 32.1 Å². The van der Waals surface area contributed by atoms with Gasteiger partial charge >= 0.3 is 5.97 Å². The molecular weight excluding hydrogens is 264 g/mol. The summed E-state index contributed by atoms with van der Waals surface area (Å²) < 4.78 is 4.76. The van der Waals surface area contributed by atoms with Crippen LogP contribution in [0.2, 0.25) is 0 Å². The van der Waals surface area contributed by atoms with Gasteiger partial charge in [0.1, 0.15) is 0 Å². The van der Waals surface area contributed by atoms with E-state index in [1.54, 1.807) is 4.90 Å². The fourth-order valence-electron chi connectivity index (χ4n) is 2.92. The molecule has 2 aliphatic rings. The molecule has 1 heterocycles. The summed E-state index contributed by atoms with van der Waals surface area (Å²) in [5, 5.41) is 0. The molecule has 106 valence electrons. The SMILES string of the molecule is COC(=O)C1CCCN(C(=O)C2(C(N)=S)CCC2)C1. The second kappa shape index (κ2) is 5.45.